The lowest BCUT2D eigenvalue weighted by Gasteiger charge is -2.17. The number of hydrogen-bond donors (Lipinski definition) is 1. The highest BCUT2D eigenvalue weighted by atomic mass is 19.1. The van der Waals surface area contributed by atoms with Gasteiger partial charge >= 0.3 is 5.97 Å². The highest BCUT2D eigenvalue weighted by molar-refractivity contribution is 5.82. The third-order valence-corrected chi connectivity index (χ3v) is 2.52. The molecule has 0 aliphatic carbocycles. The molecule has 0 aromatic rings. The summed E-state index contributed by atoms with van der Waals surface area (Å²) in [6.45, 7) is 3.32. The van der Waals surface area contributed by atoms with Crippen LogP contribution in [-0.2, 0) is 9.59 Å². The molecule has 1 amide bonds. The molecule has 1 fully saturated rings. The van der Waals surface area contributed by atoms with Crippen LogP contribution in [0.25, 0.3) is 0 Å². The molecule has 0 aromatic heterocycles. The average molecular weight is 215 g/mol. The Morgan fingerprint density at radius 2 is 2.27 bits per heavy atom. The molecule has 84 valence electrons. The molecule has 0 radical (unpaired) electrons. The number of allylic oxidation sites excluding steroid dienone is 1. The molecule has 0 aromatic carbocycles. The van der Waals surface area contributed by atoms with Crippen LogP contribution in [0.3, 0.4) is 0 Å². The van der Waals surface area contributed by atoms with E-state index in [1.165, 1.54) is 4.90 Å². The van der Waals surface area contributed by atoms with E-state index in [1.807, 2.05) is 0 Å². The van der Waals surface area contributed by atoms with Crippen LogP contribution in [0.1, 0.15) is 19.3 Å². The smallest absolute Gasteiger partial charge is 0.343 e. The number of carbonyl (C=O) groups is 2. The summed E-state index contributed by atoms with van der Waals surface area (Å²) >= 11 is 0. The molecule has 4 nitrogen and oxygen atoms in total. The van der Waals surface area contributed by atoms with E-state index < -0.39 is 11.6 Å². The molecule has 1 atom stereocenters. The number of nitrogens with zero attached hydrogens (tertiary/aromatic N) is 1. The summed E-state index contributed by atoms with van der Waals surface area (Å²) in [5.41, 5.74) is -2.26. The summed E-state index contributed by atoms with van der Waals surface area (Å²) in [6.07, 6.45) is 2.27. The van der Waals surface area contributed by atoms with Gasteiger partial charge in [0.1, 0.15) is 0 Å². The predicted molar refractivity (Wildman–Crippen MR) is 52.1 cm³/mol. The zero-order valence-corrected chi connectivity index (χ0v) is 8.41. The van der Waals surface area contributed by atoms with Crippen LogP contribution < -0.4 is 0 Å². The number of rotatable bonds is 4. The molecule has 15 heavy (non-hydrogen) atoms. The van der Waals surface area contributed by atoms with Gasteiger partial charge in [0.05, 0.1) is 6.54 Å². The molecular formula is C10H14FNO3. The second-order valence-corrected chi connectivity index (χ2v) is 3.66. The second kappa shape index (κ2) is 4.42. The van der Waals surface area contributed by atoms with Crippen LogP contribution in [0.15, 0.2) is 12.7 Å². The first-order chi connectivity index (χ1) is 6.99. The Hall–Kier alpha value is -1.39. The summed E-state index contributed by atoms with van der Waals surface area (Å²) in [7, 11) is 0. The van der Waals surface area contributed by atoms with E-state index in [2.05, 4.69) is 6.58 Å². The van der Waals surface area contributed by atoms with Crippen LogP contribution in [0.5, 0.6) is 0 Å². The maximum absolute atomic E-state index is 13.6. The van der Waals surface area contributed by atoms with Crippen LogP contribution in [0, 0.1) is 0 Å². The first kappa shape index (κ1) is 11.7. The van der Waals surface area contributed by atoms with E-state index in [1.54, 1.807) is 6.08 Å². The third kappa shape index (κ3) is 2.55. The molecular weight excluding hydrogens is 201 g/mol. The highest BCUT2D eigenvalue weighted by Gasteiger charge is 2.46. The third-order valence-electron chi connectivity index (χ3n) is 2.52. The number of carboxylic acid groups (broad SMARTS) is 1. The Morgan fingerprint density at radius 1 is 1.60 bits per heavy atom. The lowest BCUT2D eigenvalue weighted by molar-refractivity contribution is -0.150. The predicted octanol–water partition coefficient (Wildman–Crippen LogP) is 0.978. The van der Waals surface area contributed by atoms with Gasteiger partial charge in [-0.05, 0) is 6.42 Å². The minimum absolute atomic E-state index is 0.123. The SMILES string of the molecule is C=CCCC(=O)N1CCC(F)(C(=O)O)C1. The van der Waals surface area contributed by atoms with E-state index >= 15 is 0 Å². The van der Waals surface area contributed by atoms with Gasteiger partial charge in [0.2, 0.25) is 11.6 Å². The summed E-state index contributed by atoms with van der Waals surface area (Å²) in [5.74, 6) is -1.70. The lowest BCUT2D eigenvalue weighted by Crippen LogP contribution is -2.38. The van der Waals surface area contributed by atoms with Gasteiger partial charge in [0, 0.05) is 19.4 Å². The van der Waals surface area contributed by atoms with Gasteiger partial charge in [-0.3, -0.25) is 4.79 Å². The van der Waals surface area contributed by atoms with Crippen LogP contribution in [-0.4, -0.2) is 40.6 Å². The summed E-state index contributed by atoms with van der Waals surface area (Å²) in [4.78, 5) is 23.3. The Kier molecular flexibility index (Phi) is 3.44. The Labute approximate surface area is 87.4 Å². The van der Waals surface area contributed by atoms with E-state index in [4.69, 9.17) is 5.11 Å². The topological polar surface area (TPSA) is 57.6 Å². The van der Waals surface area contributed by atoms with E-state index in [0.717, 1.165) is 0 Å². The van der Waals surface area contributed by atoms with Gasteiger partial charge in [-0.25, -0.2) is 9.18 Å². The number of amides is 1. The zero-order chi connectivity index (χ0) is 11.5. The van der Waals surface area contributed by atoms with Crippen molar-refractivity contribution in [2.75, 3.05) is 13.1 Å². The van der Waals surface area contributed by atoms with E-state index in [-0.39, 0.29) is 31.8 Å². The van der Waals surface area contributed by atoms with Gasteiger partial charge < -0.3 is 10.0 Å². The van der Waals surface area contributed by atoms with Crippen molar-refractivity contribution in [3.63, 3.8) is 0 Å². The van der Waals surface area contributed by atoms with Gasteiger partial charge in [0.25, 0.3) is 0 Å². The molecule has 1 saturated heterocycles. The molecule has 0 bridgehead atoms. The number of halogens is 1. The van der Waals surface area contributed by atoms with Gasteiger partial charge in [-0.1, -0.05) is 6.08 Å². The molecule has 1 rings (SSSR count). The normalized spacial score (nSPS) is 25.3. The molecule has 5 heteroatoms. The van der Waals surface area contributed by atoms with Crippen LogP contribution >= 0.6 is 0 Å². The van der Waals surface area contributed by atoms with Gasteiger partial charge in [-0.15, -0.1) is 6.58 Å². The maximum Gasteiger partial charge on any atom is 0.343 e. The fourth-order valence-corrected chi connectivity index (χ4v) is 1.54. The van der Waals surface area contributed by atoms with Gasteiger partial charge in [0.15, 0.2) is 0 Å². The van der Waals surface area contributed by atoms with Crippen LogP contribution in [0.2, 0.25) is 0 Å². The first-order valence-corrected chi connectivity index (χ1v) is 4.80. The summed E-state index contributed by atoms with van der Waals surface area (Å²) in [5, 5.41) is 8.62. The second-order valence-electron chi connectivity index (χ2n) is 3.66. The fraction of sp³-hybridized carbons (Fsp3) is 0.600. The number of aliphatic carboxylic acids is 1. The minimum atomic E-state index is -2.26. The molecule has 1 unspecified atom stereocenters. The maximum atomic E-state index is 13.6. The number of carboxylic acids is 1. The number of hydrogen-bond acceptors (Lipinski definition) is 2. The van der Waals surface area contributed by atoms with Crippen molar-refractivity contribution in [2.24, 2.45) is 0 Å². The summed E-state index contributed by atoms with van der Waals surface area (Å²) in [6, 6.07) is 0. The standard InChI is InChI=1S/C10H14FNO3/c1-2-3-4-8(13)12-6-5-10(11,7-12)9(14)15/h2H,1,3-7H2,(H,14,15). The largest absolute Gasteiger partial charge is 0.479 e. The molecule has 1 aliphatic heterocycles. The zero-order valence-electron chi connectivity index (χ0n) is 8.41. The number of carbonyl (C=O) groups excluding carboxylic acids is 1. The van der Waals surface area contributed by atoms with Crippen molar-refractivity contribution in [1.82, 2.24) is 4.90 Å². The van der Waals surface area contributed by atoms with E-state index in [0.29, 0.717) is 6.42 Å². The first-order valence-electron chi connectivity index (χ1n) is 4.80. The van der Waals surface area contributed by atoms with Gasteiger partial charge in [-0.2, -0.15) is 0 Å². The molecule has 0 saturated carbocycles. The number of likely N-dealkylation sites (tertiary alicyclic amines) is 1. The minimum Gasteiger partial charge on any atom is -0.479 e. The molecule has 1 aliphatic rings. The average Bonchev–Trinajstić information content (AvgIpc) is 2.59. The Morgan fingerprint density at radius 3 is 2.73 bits per heavy atom. The quantitative estimate of drug-likeness (QED) is 0.711. The molecule has 1 heterocycles. The van der Waals surface area contributed by atoms with Crippen LogP contribution in [0.4, 0.5) is 4.39 Å². The highest BCUT2D eigenvalue weighted by Crippen LogP contribution is 2.26. The van der Waals surface area contributed by atoms with Crippen molar-refractivity contribution in [3.05, 3.63) is 12.7 Å². The molecule has 1 N–H and O–H groups in total. The van der Waals surface area contributed by atoms with Crippen molar-refractivity contribution in [2.45, 2.75) is 24.9 Å². The van der Waals surface area contributed by atoms with Crippen molar-refractivity contribution in [3.8, 4) is 0 Å². The molecule has 0 spiro atoms. The van der Waals surface area contributed by atoms with E-state index in [9.17, 15) is 14.0 Å². The van der Waals surface area contributed by atoms with Crippen molar-refractivity contribution < 1.29 is 19.1 Å². The summed E-state index contributed by atoms with van der Waals surface area (Å²) < 4.78 is 13.6. The monoisotopic (exact) mass is 215 g/mol. The van der Waals surface area contributed by atoms with Crippen molar-refractivity contribution >= 4 is 11.9 Å². The Balaban J connectivity index is 2.52. The Bertz CT molecular complexity index is 292. The fourth-order valence-electron chi connectivity index (χ4n) is 1.54. The number of alkyl halides is 1. The lowest BCUT2D eigenvalue weighted by atomic mass is 10.1. The van der Waals surface area contributed by atoms with Crippen molar-refractivity contribution in [1.29, 1.82) is 0 Å².